The molecule has 0 aromatic heterocycles. The Morgan fingerprint density at radius 1 is 1.18 bits per heavy atom. The molecule has 0 aromatic rings. The van der Waals surface area contributed by atoms with Gasteiger partial charge in [0.2, 0.25) is 11.8 Å². The molecule has 5 heteroatoms. The van der Waals surface area contributed by atoms with Crippen LogP contribution in [0.25, 0.3) is 0 Å². The lowest BCUT2D eigenvalue weighted by Gasteiger charge is -2.24. The number of carbonyl (C=O) groups excluding carboxylic acids is 2. The smallest absolute Gasteiger partial charge is 0.242 e. The first kappa shape index (κ1) is 12.4. The summed E-state index contributed by atoms with van der Waals surface area (Å²) in [6, 6.07) is -0.327. The second kappa shape index (κ2) is 6.00. The van der Waals surface area contributed by atoms with Gasteiger partial charge in [-0.15, -0.1) is 0 Å². The third-order valence-corrected chi connectivity index (χ3v) is 3.52. The molecule has 0 aromatic carbocycles. The van der Waals surface area contributed by atoms with Gasteiger partial charge >= 0.3 is 0 Å². The van der Waals surface area contributed by atoms with Crippen molar-refractivity contribution >= 4 is 11.8 Å². The lowest BCUT2D eigenvalue weighted by atomic mass is 9.98. The van der Waals surface area contributed by atoms with Gasteiger partial charge in [0, 0.05) is 13.1 Å². The molecule has 2 saturated heterocycles. The molecule has 0 aliphatic carbocycles. The van der Waals surface area contributed by atoms with E-state index in [1.165, 1.54) is 0 Å². The van der Waals surface area contributed by atoms with E-state index in [9.17, 15) is 9.59 Å². The van der Waals surface area contributed by atoms with E-state index < -0.39 is 0 Å². The summed E-state index contributed by atoms with van der Waals surface area (Å²) in [5, 5.41) is 8.94. The van der Waals surface area contributed by atoms with Crippen LogP contribution in [-0.2, 0) is 9.59 Å². The van der Waals surface area contributed by atoms with Gasteiger partial charge in [-0.3, -0.25) is 9.59 Å². The van der Waals surface area contributed by atoms with Crippen molar-refractivity contribution in [3.8, 4) is 0 Å². The molecule has 96 valence electrons. The van der Waals surface area contributed by atoms with Gasteiger partial charge in [0.25, 0.3) is 0 Å². The van der Waals surface area contributed by atoms with E-state index in [4.69, 9.17) is 0 Å². The SMILES string of the molecule is O=C(NC1CCCCNC1=O)C1CCCNC1. The Kier molecular flexibility index (Phi) is 4.36. The largest absolute Gasteiger partial charge is 0.354 e. The fraction of sp³-hybridized carbons (Fsp3) is 0.833. The molecule has 17 heavy (non-hydrogen) atoms. The van der Waals surface area contributed by atoms with Crippen molar-refractivity contribution in [2.45, 2.75) is 38.1 Å². The molecule has 2 unspecified atom stereocenters. The maximum Gasteiger partial charge on any atom is 0.242 e. The zero-order valence-corrected chi connectivity index (χ0v) is 10.1. The minimum atomic E-state index is -0.327. The molecule has 2 aliphatic heterocycles. The molecule has 5 nitrogen and oxygen atoms in total. The van der Waals surface area contributed by atoms with Crippen molar-refractivity contribution in [2.24, 2.45) is 5.92 Å². The molecule has 2 aliphatic rings. The Morgan fingerprint density at radius 2 is 2.06 bits per heavy atom. The van der Waals surface area contributed by atoms with E-state index in [1.54, 1.807) is 0 Å². The monoisotopic (exact) mass is 239 g/mol. The molecule has 0 radical (unpaired) electrons. The van der Waals surface area contributed by atoms with E-state index in [1.807, 2.05) is 0 Å². The molecule has 2 amide bonds. The zero-order valence-electron chi connectivity index (χ0n) is 10.1. The summed E-state index contributed by atoms with van der Waals surface area (Å²) < 4.78 is 0. The highest BCUT2D eigenvalue weighted by atomic mass is 16.2. The molecule has 2 fully saturated rings. The summed E-state index contributed by atoms with van der Waals surface area (Å²) in [7, 11) is 0. The highest BCUT2D eigenvalue weighted by Crippen LogP contribution is 2.12. The first-order chi connectivity index (χ1) is 8.27. The van der Waals surface area contributed by atoms with Crippen LogP contribution in [0.1, 0.15) is 32.1 Å². The third kappa shape index (κ3) is 3.43. The number of rotatable bonds is 2. The number of amides is 2. The molecule has 0 bridgehead atoms. The molecular formula is C12H21N3O2. The first-order valence-electron chi connectivity index (χ1n) is 6.56. The average molecular weight is 239 g/mol. The normalized spacial score (nSPS) is 30.2. The Morgan fingerprint density at radius 3 is 2.82 bits per heavy atom. The maximum absolute atomic E-state index is 12.0. The van der Waals surface area contributed by atoms with Crippen LogP contribution < -0.4 is 16.0 Å². The van der Waals surface area contributed by atoms with E-state index >= 15 is 0 Å². The summed E-state index contributed by atoms with van der Waals surface area (Å²) in [6.45, 7) is 2.46. The summed E-state index contributed by atoms with van der Waals surface area (Å²) in [6.07, 6.45) is 4.72. The fourth-order valence-corrected chi connectivity index (χ4v) is 2.44. The van der Waals surface area contributed by atoms with Crippen molar-refractivity contribution < 1.29 is 9.59 Å². The van der Waals surface area contributed by atoms with Crippen LogP contribution in [0.3, 0.4) is 0 Å². The number of hydrogen-bond donors (Lipinski definition) is 3. The molecule has 2 heterocycles. The van der Waals surface area contributed by atoms with Gasteiger partial charge in [-0.25, -0.2) is 0 Å². The maximum atomic E-state index is 12.0. The average Bonchev–Trinajstić information content (AvgIpc) is 2.56. The Labute approximate surface area is 102 Å². The zero-order chi connectivity index (χ0) is 12.1. The summed E-state index contributed by atoms with van der Waals surface area (Å²) >= 11 is 0. The molecule has 0 saturated carbocycles. The van der Waals surface area contributed by atoms with Gasteiger partial charge in [-0.2, -0.15) is 0 Å². The minimum absolute atomic E-state index is 0.0271. The number of nitrogens with one attached hydrogen (secondary N) is 3. The van der Waals surface area contributed by atoms with E-state index in [2.05, 4.69) is 16.0 Å². The summed E-state index contributed by atoms with van der Waals surface area (Å²) in [5.41, 5.74) is 0. The summed E-state index contributed by atoms with van der Waals surface area (Å²) in [4.78, 5) is 23.7. The van der Waals surface area contributed by atoms with Crippen molar-refractivity contribution in [1.29, 1.82) is 0 Å². The van der Waals surface area contributed by atoms with Crippen LogP contribution in [0.15, 0.2) is 0 Å². The topological polar surface area (TPSA) is 70.2 Å². The Hall–Kier alpha value is -1.10. The molecule has 2 rings (SSSR count). The van der Waals surface area contributed by atoms with Gasteiger partial charge in [0.05, 0.1) is 5.92 Å². The molecule has 0 spiro atoms. The van der Waals surface area contributed by atoms with Crippen LogP contribution in [0.5, 0.6) is 0 Å². The summed E-state index contributed by atoms with van der Waals surface area (Å²) in [5.74, 6) is 0.0265. The van der Waals surface area contributed by atoms with Crippen LogP contribution in [0.4, 0.5) is 0 Å². The van der Waals surface area contributed by atoms with Crippen molar-refractivity contribution in [1.82, 2.24) is 16.0 Å². The lowest BCUT2D eigenvalue weighted by molar-refractivity contribution is -0.131. The predicted molar refractivity (Wildman–Crippen MR) is 64.4 cm³/mol. The van der Waals surface area contributed by atoms with E-state index in [0.717, 1.165) is 51.7 Å². The van der Waals surface area contributed by atoms with Crippen molar-refractivity contribution in [3.63, 3.8) is 0 Å². The van der Waals surface area contributed by atoms with E-state index in [0.29, 0.717) is 0 Å². The van der Waals surface area contributed by atoms with Gasteiger partial charge in [0.1, 0.15) is 6.04 Å². The Balaban J connectivity index is 1.85. The first-order valence-corrected chi connectivity index (χ1v) is 6.56. The fourth-order valence-electron chi connectivity index (χ4n) is 2.44. The predicted octanol–water partition coefficient (Wildman–Crippen LogP) is -0.229. The van der Waals surface area contributed by atoms with Gasteiger partial charge in [0.15, 0.2) is 0 Å². The second-order valence-corrected chi connectivity index (χ2v) is 4.89. The van der Waals surface area contributed by atoms with Gasteiger partial charge in [-0.05, 0) is 38.6 Å². The number of carbonyl (C=O) groups is 2. The highest BCUT2D eigenvalue weighted by Gasteiger charge is 2.27. The van der Waals surface area contributed by atoms with Crippen LogP contribution in [0, 0.1) is 5.92 Å². The van der Waals surface area contributed by atoms with Crippen molar-refractivity contribution in [2.75, 3.05) is 19.6 Å². The van der Waals surface area contributed by atoms with Crippen LogP contribution in [0.2, 0.25) is 0 Å². The molecule has 3 N–H and O–H groups in total. The van der Waals surface area contributed by atoms with E-state index in [-0.39, 0.29) is 23.8 Å². The number of piperidine rings is 1. The number of hydrogen-bond acceptors (Lipinski definition) is 3. The standard InChI is InChI=1S/C12H21N3O2/c16-11(9-4-3-6-13-8-9)15-10-5-1-2-7-14-12(10)17/h9-10,13H,1-8H2,(H,14,17)(H,15,16). The molecular weight excluding hydrogens is 218 g/mol. The highest BCUT2D eigenvalue weighted by molar-refractivity contribution is 5.88. The van der Waals surface area contributed by atoms with Gasteiger partial charge in [-0.1, -0.05) is 0 Å². The van der Waals surface area contributed by atoms with Gasteiger partial charge < -0.3 is 16.0 Å². The van der Waals surface area contributed by atoms with Crippen LogP contribution in [-0.4, -0.2) is 37.5 Å². The second-order valence-electron chi connectivity index (χ2n) is 4.89. The Bertz CT molecular complexity index is 287. The van der Waals surface area contributed by atoms with Crippen molar-refractivity contribution in [3.05, 3.63) is 0 Å². The molecule has 2 atom stereocenters. The minimum Gasteiger partial charge on any atom is -0.354 e. The van der Waals surface area contributed by atoms with Crippen LogP contribution >= 0.6 is 0 Å². The quantitative estimate of drug-likeness (QED) is 0.623. The third-order valence-electron chi connectivity index (χ3n) is 3.52. The lowest BCUT2D eigenvalue weighted by Crippen LogP contribution is -2.49.